The largest absolute Gasteiger partial charge is 0.503 e. The Morgan fingerprint density at radius 2 is 1.25 bits per heavy atom. The summed E-state index contributed by atoms with van der Waals surface area (Å²) in [7, 11) is 0. The standard InChI is InChI=1S/C10H6Br2O2S2/c11-5-1-3-15-9(5)7(13)8(14)10-6(12)2-4-16-10/h1-4,13-14H/b8-7+. The molecule has 0 aliphatic rings. The van der Waals surface area contributed by atoms with Gasteiger partial charge in [-0.3, -0.25) is 0 Å². The summed E-state index contributed by atoms with van der Waals surface area (Å²) in [6.07, 6.45) is 0. The highest BCUT2D eigenvalue weighted by Gasteiger charge is 2.16. The van der Waals surface area contributed by atoms with Crippen molar-refractivity contribution in [1.29, 1.82) is 0 Å². The van der Waals surface area contributed by atoms with Gasteiger partial charge in [-0.25, -0.2) is 0 Å². The Labute approximate surface area is 117 Å². The van der Waals surface area contributed by atoms with E-state index in [1.807, 2.05) is 22.9 Å². The quantitative estimate of drug-likeness (QED) is 0.695. The van der Waals surface area contributed by atoms with Gasteiger partial charge in [-0.05, 0) is 54.8 Å². The van der Waals surface area contributed by atoms with Gasteiger partial charge in [0.15, 0.2) is 11.5 Å². The van der Waals surface area contributed by atoms with Crippen molar-refractivity contribution in [2.24, 2.45) is 0 Å². The van der Waals surface area contributed by atoms with E-state index in [1.165, 1.54) is 22.7 Å². The molecule has 2 rings (SSSR count). The van der Waals surface area contributed by atoms with Crippen LogP contribution in [-0.2, 0) is 0 Å². The first-order chi connectivity index (χ1) is 7.61. The van der Waals surface area contributed by atoms with Crippen molar-refractivity contribution in [3.8, 4) is 0 Å². The number of hydrogen-bond donors (Lipinski definition) is 2. The molecule has 16 heavy (non-hydrogen) atoms. The molecular weight excluding hydrogens is 376 g/mol. The molecule has 0 radical (unpaired) electrons. The van der Waals surface area contributed by atoms with Gasteiger partial charge in [0.05, 0.1) is 9.75 Å². The molecule has 0 unspecified atom stereocenters. The van der Waals surface area contributed by atoms with E-state index in [0.29, 0.717) is 9.75 Å². The molecule has 2 aromatic heterocycles. The average molecular weight is 382 g/mol. The van der Waals surface area contributed by atoms with Crippen LogP contribution in [0.2, 0.25) is 0 Å². The van der Waals surface area contributed by atoms with Crippen LogP contribution in [0.15, 0.2) is 31.8 Å². The van der Waals surface area contributed by atoms with E-state index >= 15 is 0 Å². The van der Waals surface area contributed by atoms with Crippen molar-refractivity contribution in [2.45, 2.75) is 0 Å². The lowest BCUT2D eigenvalue weighted by molar-refractivity contribution is 0.461. The van der Waals surface area contributed by atoms with Crippen molar-refractivity contribution in [2.75, 3.05) is 0 Å². The normalized spacial score (nSPS) is 12.6. The molecular formula is C10H6Br2O2S2. The summed E-state index contributed by atoms with van der Waals surface area (Å²) in [6, 6.07) is 3.65. The molecule has 0 bridgehead atoms. The maximum Gasteiger partial charge on any atom is 0.177 e. The molecule has 6 heteroatoms. The van der Waals surface area contributed by atoms with Crippen LogP contribution in [0.25, 0.3) is 11.5 Å². The highest BCUT2D eigenvalue weighted by Crippen LogP contribution is 2.36. The van der Waals surface area contributed by atoms with E-state index in [0.717, 1.165) is 8.95 Å². The maximum absolute atomic E-state index is 9.95. The molecule has 2 aromatic rings. The summed E-state index contributed by atoms with van der Waals surface area (Å²) >= 11 is 9.35. The zero-order chi connectivity index (χ0) is 11.7. The predicted octanol–water partition coefficient (Wildman–Crippen LogP) is 5.28. The molecule has 0 aliphatic carbocycles. The zero-order valence-corrected chi connectivity index (χ0v) is 12.6. The van der Waals surface area contributed by atoms with Crippen LogP contribution in [0, 0.1) is 0 Å². The zero-order valence-electron chi connectivity index (χ0n) is 7.78. The molecule has 0 spiro atoms. The van der Waals surface area contributed by atoms with E-state index < -0.39 is 0 Å². The average Bonchev–Trinajstić information content (AvgIpc) is 2.85. The predicted molar refractivity (Wildman–Crippen MR) is 76.1 cm³/mol. The molecule has 0 fully saturated rings. The van der Waals surface area contributed by atoms with Gasteiger partial charge in [-0.15, -0.1) is 22.7 Å². The summed E-state index contributed by atoms with van der Waals surface area (Å²) in [5, 5.41) is 23.6. The van der Waals surface area contributed by atoms with E-state index in [1.54, 1.807) is 0 Å². The summed E-state index contributed by atoms with van der Waals surface area (Å²) in [6.45, 7) is 0. The lowest BCUT2D eigenvalue weighted by atomic mass is 10.3. The molecule has 2 heterocycles. The highest BCUT2D eigenvalue weighted by atomic mass is 79.9. The highest BCUT2D eigenvalue weighted by molar-refractivity contribution is 9.11. The van der Waals surface area contributed by atoms with Gasteiger partial charge < -0.3 is 10.2 Å². The summed E-state index contributed by atoms with van der Waals surface area (Å²) in [5.74, 6) is -0.213. The second-order valence-corrected chi connectivity index (χ2v) is 6.43. The number of rotatable bonds is 2. The number of hydrogen-bond acceptors (Lipinski definition) is 4. The molecule has 84 valence electrons. The Balaban J connectivity index is 2.51. The Morgan fingerprint density at radius 3 is 1.50 bits per heavy atom. The topological polar surface area (TPSA) is 40.5 Å². The molecule has 2 N–H and O–H groups in total. The van der Waals surface area contributed by atoms with Crippen molar-refractivity contribution < 1.29 is 10.2 Å². The van der Waals surface area contributed by atoms with Crippen molar-refractivity contribution >= 4 is 66.1 Å². The molecule has 0 saturated heterocycles. The first-order valence-electron chi connectivity index (χ1n) is 4.20. The van der Waals surface area contributed by atoms with Gasteiger partial charge in [-0.1, -0.05) is 0 Å². The van der Waals surface area contributed by atoms with Crippen molar-refractivity contribution in [3.05, 3.63) is 41.6 Å². The van der Waals surface area contributed by atoms with Crippen molar-refractivity contribution in [1.82, 2.24) is 0 Å². The first-order valence-corrected chi connectivity index (χ1v) is 7.54. The van der Waals surface area contributed by atoms with Crippen molar-refractivity contribution in [3.63, 3.8) is 0 Å². The summed E-state index contributed by atoms with van der Waals surface area (Å²) < 4.78 is 1.54. The van der Waals surface area contributed by atoms with Gasteiger partial charge in [-0.2, -0.15) is 0 Å². The van der Waals surface area contributed by atoms with E-state index in [-0.39, 0.29) is 11.5 Å². The first kappa shape index (κ1) is 12.2. The third kappa shape index (κ3) is 2.20. The molecule has 0 aliphatic heterocycles. The molecule has 0 saturated carbocycles. The molecule has 0 amide bonds. The summed E-state index contributed by atoms with van der Waals surface area (Å²) in [4.78, 5) is 1.25. The van der Waals surface area contributed by atoms with Crippen LogP contribution in [0.1, 0.15) is 9.75 Å². The third-order valence-corrected chi connectivity index (χ3v) is 5.58. The van der Waals surface area contributed by atoms with Gasteiger partial charge in [0.25, 0.3) is 0 Å². The molecule has 2 nitrogen and oxygen atoms in total. The van der Waals surface area contributed by atoms with Gasteiger partial charge >= 0.3 is 0 Å². The fraction of sp³-hybridized carbons (Fsp3) is 0. The Bertz CT molecular complexity index is 494. The van der Waals surface area contributed by atoms with Gasteiger partial charge in [0.1, 0.15) is 0 Å². The fourth-order valence-electron chi connectivity index (χ4n) is 1.14. The molecule has 0 aromatic carbocycles. The number of thiophene rings is 2. The minimum atomic E-state index is -0.106. The number of aliphatic hydroxyl groups is 2. The number of aliphatic hydroxyl groups excluding tert-OH is 2. The van der Waals surface area contributed by atoms with Gasteiger partial charge in [0.2, 0.25) is 0 Å². The Kier molecular flexibility index (Phi) is 3.73. The lowest BCUT2D eigenvalue weighted by Gasteiger charge is -2.02. The van der Waals surface area contributed by atoms with Crippen LogP contribution in [0.4, 0.5) is 0 Å². The fourth-order valence-corrected chi connectivity index (χ4v) is 4.15. The second kappa shape index (κ2) is 4.91. The summed E-state index contributed by atoms with van der Waals surface area (Å²) in [5.41, 5.74) is 0. The minimum absolute atomic E-state index is 0.106. The smallest absolute Gasteiger partial charge is 0.177 e. The SMILES string of the molecule is O/C(=C(/O)c1sccc1Br)c1sccc1Br. The van der Waals surface area contributed by atoms with Crippen LogP contribution in [0.5, 0.6) is 0 Å². The minimum Gasteiger partial charge on any atom is -0.503 e. The van der Waals surface area contributed by atoms with Crippen LogP contribution >= 0.6 is 54.5 Å². The van der Waals surface area contributed by atoms with E-state index in [4.69, 9.17) is 0 Å². The van der Waals surface area contributed by atoms with Crippen LogP contribution in [0.3, 0.4) is 0 Å². The lowest BCUT2D eigenvalue weighted by Crippen LogP contribution is -1.87. The van der Waals surface area contributed by atoms with Gasteiger partial charge in [0, 0.05) is 8.95 Å². The van der Waals surface area contributed by atoms with Crippen LogP contribution in [-0.4, -0.2) is 10.2 Å². The number of halogens is 2. The van der Waals surface area contributed by atoms with E-state index in [9.17, 15) is 10.2 Å². The Hall–Kier alpha value is -0.300. The Morgan fingerprint density at radius 1 is 0.875 bits per heavy atom. The third-order valence-electron chi connectivity index (χ3n) is 1.89. The van der Waals surface area contributed by atoms with E-state index in [2.05, 4.69) is 31.9 Å². The second-order valence-electron chi connectivity index (χ2n) is 2.89. The molecule has 0 atom stereocenters. The monoisotopic (exact) mass is 380 g/mol. The maximum atomic E-state index is 9.95. The van der Waals surface area contributed by atoms with Crippen LogP contribution < -0.4 is 0 Å².